The lowest BCUT2D eigenvalue weighted by atomic mass is 10.0. The number of hydrogen-bond donors (Lipinski definition) is 1. The maximum atomic E-state index is 12.5. The van der Waals surface area contributed by atoms with Gasteiger partial charge < -0.3 is 14.1 Å². The quantitative estimate of drug-likeness (QED) is 0.859. The van der Waals surface area contributed by atoms with Gasteiger partial charge in [0, 0.05) is 18.3 Å². The van der Waals surface area contributed by atoms with Crippen LogP contribution in [0.15, 0.2) is 33.4 Å². The topological polar surface area (TPSA) is 72.4 Å². The van der Waals surface area contributed by atoms with E-state index in [-0.39, 0.29) is 11.5 Å². The fourth-order valence-electron chi connectivity index (χ4n) is 2.81. The standard InChI is InChI=1S/C15H14BrNO4/c16-9-7-13(21-8-9)14(18)12-5-4-11-10(15(19)20)3-1-2-6-17(11)12/h4-5,7-8,10H,1-3,6H2,(H,19,20). The van der Waals surface area contributed by atoms with E-state index in [1.807, 2.05) is 4.57 Å². The number of carbonyl (C=O) groups is 2. The minimum atomic E-state index is -0.837. The first kappa shape index (κ1) is 14.1. The number of hydrogen-bond acceptors (Lipinski definition) is 3. The van der Waals surface area contributed by atoms with E-state index in [1.54, 1.807) is 18.2 Å². The maximum Gasteiger partial charge on any atom is 0.312 e. The van der Waals surface area contributed by atoms with Crippen LogP contribution in [0.3, 0.4) is 0 Å². The predicted molar refractivity (Wildman–Crippen MR) is 78.5 cm³/mol. The molecular weight excluding hydrogens is 338 g/mol. The summed E-state index contributed by atoms with van der Waals surface area (Å²) in [6.45, 7) is 0.662. The van der Waals surface area contributed by atoms with E-state index in [0.29, 0.717) is 28.8 Å². The fourth-order valence-corrected chi connectivity index (χ4v) is 3.11. The Morgan fingerprint density at radius 3 is 2.81 bits per heavy atom. The third kappa shape index (κ3) is 2.55. The van der Waals surface area contributed by atoms with Gasteiger partial charge in [0.15, 0.2) is 5.76 Å². The molecule has 2 aromatic heterocycles. The zero-order valence-electron chi connectivity index (χ0n) is 11.2. The molecule has 6 heteroatoms. The molecule has 0 fully saturated rings. The molecule has 1 atom stereocenters. The van der Waals surface area contributed by atoms with Gasteiger partial charge in [-0.2, -0.15) is 0 Å². The van der Waals surface area contributed by atoms with E-state index in [2.05, 4.69) is 15.9 Å². The van der Waals surface area contributed by atoms with Crippen molar-refractivity contribution in [2.45, 2.75) is 31.7 Å². The molecule has 3 rings (SSSR count). The highest BCUT2D eigenvalue weighted by Crippen LogP contribution is 2.30. The third-order valence-corrected chi connectivity index (χ3v) is 4.23. The predicted octanol–water partition coefficient (Wildman–Crippen LogP) is 3.43. The molecule has 1 aliphatic rings. The van der Waals surface area contributed by atoms with Crippen LogP contribution in [0, 0.1) is 0 Å². The minimum absolute atomic E-state index is 0.224. The van der Waals surface area contributed by atoms with Crippen LogP contribution in [0.1, 0.15) is 47.1 Å². The number of rotatable bonds is 3. The molecule has 0 aromatic carbocycles. The molecule has 0 spiro atoms. The average Bonchev–Trinajstić information content (AvgIpc) is 2.99. The number of nitrogens with zero attached hydrogens (tertiary/aromatic N) is 1. The molecule has 21 heavy (non-hydrogen) atoms. The van der Waals surface area contributed by atoms with Crippen LogP contribution >= 0.6 is 15.9 Å². The van der Waals surface area contributed by atoms with Crippen LogP contribution in [-0.4, -0.2) is 21.4 Å². The third-order valence-electron chi connectivity index (χ3n) is 3.82. The maximum absolute atomic E-state index is 12.5. The van der Waals surface area contributed by atoms with E-state index in [4.69, 9.17) is 4.42 Å². The van der Waals surface area contributed by atoms with Gasteiger partial charge >= 0.3 is 5.97 Å². The Balaban J connectivity index is 2.02. The Labute approximate surface area is 129 Å². The summed E-state index contributed by atoms with van der Waals surface area (Å²) in [6.07, 6.45) is 3.78. The van der Waals surface area contributed by atoms with Crippen LogP contribution in [0.5, 0.6) is 0 Å². The first-order valence-electron chi connectivity index (χ1n) is 6.79. The molecule has 1 aliphatic heterocycles. The van der Waals surface area contributed by atoms with Crippen molar-refractivity contribution in [1.82, 2.24) is 4.57 Å². The van der Waals surface area contributed by atoms with E-state index in [9.17, 15) is 14.7 Å². The van der Waals surface area contributed by atoms with Crippen molar-refractivity contribution in [3.8, 4) is 0 Å². The van der Waals surface area contributed by atoms with Crippen molar-refractivity contribution >= 4 is 27.7 Å². The minimum Gasteiger partial charge on any atom is -0.481 e. The highest BCUT2D eigenvalue weighted by molar-refractivity contribution is 9.10. The fraction of sp³-hybridized carbons (Fsp3) is 0.333. The first-order valence-corrected chi connectivity index (χ1v) is 7.58. The lowest BCUT2D eigenvalue weighted by Crippen LogP contribution is -2.16. The summed E-state index contributed by atoms with van der Waals surface area (Å²) in [5.41, 5.74) is 1.19. The zero-order chi connectivity index (χ0) is 15.0. The summed E-state index contributed by atoms with van der Waals surface area (Å²) in [6, 6.07) is 5.05. The van der Waals surface area contributed by atoms with Gasteiger partial charge in [-0.25, -0.2) is 0 Å². The molecule has 0 amide bonds. The Kier molecular flexibility index (Phi) is 3.71. The van der Waals surface area contributed by atoms with E-state index < -0.39 is 11.9 Å². The number of halogens is 1. The van der Waals surface area contributed by atoms with Crippen molar-refractivity contribution in [3.05, 3.63) is 46.1 Å². The second-order valence-corrected chi connectivity index (χ2v) is 6.06. The molecule has 2 aromatic rings. The molecule has 1 unspecified atom stereocenters. The number of carboxylic acid groups (broad SMARTS) is 1. The van der Waals surface area contributed by atoms with Crippen molar-refractivity contribution in [2.24, 2.45) is 0 Å². The number of fused-ring (bicyclic) bond motifs is 1. The summed E-state index contributed by atoms with van der Waals surface area (Å²) >= 11 is 3.25. The molecular formula is C15H14BrNO4. The van der Waals surface area contributed by atoms with Gasteiger partial charge in [-0.3, -0.25) is 9.59 Å². The Morgan fingerprint density at radius 1 is 1.33 bits per heavy atom. The largest absolute Gasteiger partial charge is 0.481 e. The van der Waals surface area contributed by atoms with Crippen molar-refractivity contribution in [3.63, 3.8) is 0 Å². The van der Waals surface area contributed by atoms with Gasteiger partial charge in [0.2, 0.25) is 5.78 Å². The van der Waals surface area contributed by atoms with Gasteiger partial charge in [0.05, 0.1) is 16.1 Å². The van der Waals surface area contributed by atoms with Crippen LogP contribution in [-0.2, 0) is 11.3 Å². The second kappa shape index (κ2) is 5.52. The molecule has 0 saturated heterocycles. The molecule has 110 valence electrons. The summed E-state index contributed by atoms with van der Waals surface area (Å²) < 4.78 is 7.75. The van der Waals surface area contributed by atoms with Crippen molar-refractivity contribution in [2.75, 3.05) is 0 Å². The molecule has 5 nitrogen and oxygen atoms in total. The monoisotopic (exact) mass is 351 g/mol. The molecule has 0 saturated carbocycles. The number of furan rings is 1. The van der Waals surface area contributed by atoms with Crippen LogP contribution in [0.2, 0.25) is 0 Å². The van der Waals surface area contributed by atoms with Gasteiger partial charge in [-0.05, 0) is 40.9 Å². The average molecular weight is 352 g/mol. The number of carboxylic acids is 1. The molecule has 1 N–H and O–H groups in total. The van der Waals surface area contributed by atoms with Crippen LogP contribution < -0.4 is 0 Å². The number of aliphatic carboxylic acids is 1. The Hall–Kier alpha value is -1.82. The Morgan fingerprint density at radius 2 is 2.14 bits per heavy atom. The summed E-state index contributed by atoms with van der Waals surface area (Å²) in [7, 11) is 0. The lowest BCUT2D eigenvalue weighted by Gasteiger charge is -2.12. The zero-order valence-corrected chi connectivity index (χ0v) is 12.8. The van der Waals surface area contributed by atoms with E-state index in [1.165, 1.54) is 6.26 Å². The summed E-state index contributed by atoms with van der Waals surface area (Å²) in [5.74, 6) is -1.36. The SMILES string of the molecule is O=C(c1cc(Br)co1)c1ccc2n1CCCCC2C(=O)O. The first-order chi connectivity index (χ1) is 10.1. The highest BCUT2D eigenvalue weighted by atomic mass is 79.9. The van der Waals surface area contributed by atoms with Crippen LogP contribution in [0.4, 0.5) is 0 Å². The van der Waals surface area contributed by atoms with Crippen molar-refractivity contribution in [1.29, 1.82) is 0 Å². The Bertz CT molecular complexity index is 700. The van der Waals surface area contributed by atoms with E-state index >= 15 is 0 Å². The molecule has 3 heterocycles. The second-order valence-electron chi connectivity index (χ2n) is 5.14. The smallest absolute Gasteiger partial charge is 0.312 e. The number of aromatic nitrogens is 1. The molecule has 0 aliphatic carbocycles. The number of carbonyl (C=O) groups excluding carboxylic acids is 1. The normalized spacial score (nSPS) is 18.0. The van der Waals surface area contributed by atoms with Gasteiger partial charge in [-0.1, -0.05) is 6.42 Å². The van der Waals surface area contributed by atoms with Gasteiger partial charge in [-0.15, -0.1) is 0 Å². The van der Waals surface area contributed by atoms with Crippen LogP contribution in [0.25, 0.3) is 0 Å². The molecule has 0 radical (unpaired) electrons. The summed E-state index contributed by atoms with van der Waals surface area (Å²) in [5, 5.41) is 9.36. The summed E-state index contributed by atoms with van der Waals surface area (Å²) in [4.78, 5) is 23.9. The highest BCUT2D eigenvalue weighted by Gasteiger charge is 2.28. The number of ketones is 1. The van der Waals surface area contributed by atoms with Crippen molar-refractivity contribution < 1.29 is 19.1 Å². The van der Waals surface area contributed by atoms with Gasteiger partial charge in [0.1, 0.15) is 6.26 Å². The van der Waals surface area contributed by atoms with E-state index in [0.717, 1.165) is 12.8 Å². The molecule has 0 bridgehead atoms. The van der Waals surface area contributed by atoms with Gasteiger partial charge in [0.25, 0.3) is 0 Å². The lowest BCUT2D eigenvalue weighted by molar-refractivity contribution is -0.139.